The van der Waals surface area contributed by atoms with Crippen molar-refractivity contribution in [2.75, 3.05) is 14.2 Å². The summed E-state index contributed by atoms with van der Waals surface area (Å²) >= 11 is 10.5. The van der Waals surface area contributed by atoms with Gasteiger partial charge in [0.2, 0.25) is 0 Å². The van der Waals surface area contributed by atoms with Crippen molar-refractivity contribution in [3.8, 4) is 11.5 Å². The highest BCUT2D eigenvalue weighted by atomic mass is 79.9. The first kappa shape index (κ1) is 19.8. The van der Waals surface area contributed by atoms with Crippen LogP contribution in [-0.2, 0) is 11.3 Å². The van der Waals surface area contributed by atoms with Crippen LogP contribution in [0.3, 0.4) is 0 Å². The molecule has 0 N–H and O–H groups in total. The third kappa shape index (κ3) is 4.31. The van der Waals surface area contributed by atoms with Crippen LogP contribution < -0.4 is 9.47 Å². The SMILES string of the molecule is COc1cc(Cl)c(C=C2SC(=O)N(Cc3ccc(Br)cc3)C2=O)cc1OC. The Morgan fingerprint density at radius 2 is 1.74 bits per heavy atom. The molecule has 0 aromatic heterocycles. The number of thioether (sulfide) groups is 1. The zero-order chi connectivity index (χ0) is 19.6. The summed E-state index contributed by atoms with van der Waals surface area (Å²) in [6, 6.07) is 10.7. The zero-order valence-corrected chi connectivity index (χ0v) is 17.7. The van der Waals surface area contributed by atoms with Gasteiger partial charge in [-0.3, -0.25) is 14.5 Å². The molecule has 5 nitrogen and oxygen atoms in total. The molecule has 0 saturated carbocycles. The highest BCUT2D eigenvalue weighted by Gasteiger charge is 2.35. The van der Waals surface area contributed by atoms with E-state index in [1.165, 1.54) is 19.1 Å². The normalized spacial score (nSPS) is 15.6. The van der Waals surface area contributed by atoms with E-state index in [1.807, 2.05) is 24.3 Å². The molecule has 0 radical (unpaired) electrons. The van der Waals surface area contributed by atoms with Crippen LogP contribution in [0.4, 0.5) is 4.79 Å². The third-order valence-electron chi connectivity index (χ3n) is 3.92. The fourth-order valence-electron chi connectivity index (χ4n) is 2.53. The first-order valence-electron chi connectivity index (χ1n) is 7.84. The number of rotatable bonds is 5. The van der Waals surface area contributed by atoms with Gasteiger partial charge in [-0.25, -0.2) is 0 Å². The predicted octanol–water partition coefficient (Wildman–Crippen LogP) is 5.36. The van der Waals surface area contributed by atoms with E-state index in [0.717, 1.165) is 21.8 Å². The van der Waals surface area contributed by atoms with Gasteiger partial charge in [0.1, 0.15) is 0 Å². The lowest BCUT2D eigenvalue weighted by Gasteiger charge is -2.12. The number of methoxy groups -OCH3 is 2. The fourth-order valence-corrected chi connectivity index (χ4v) is 3.83. The van der Waals surface area contributed by atoms with Gasteiger partial charge in [0.05, 0.1) is 30.7 Å². The summed E-state index contributed by atoms with van der Waals surface area (Å²) in [6.45, 7) is 0.217. The Morgan fingerprint density at radius 1 is 1.11 bits per heavy atom. The van der Waals surface area contributed by atoms with E-state index in [0.29, 0.717) is 27.0 Å². The first-order chi connectivity index (χ1) is 12.9. The number of halogens is 2. The van der Waals surface area contributed by atoms with Crippen LogP contribution in [0, 0.1) is 0 Å². The van der Waals surface area contributed by atoms with Gasteiger partial charge in [-0.2, -0.15) is 0 Å². The van der Waals surface area contributed by atoms with Crippen LogP contribution >= 0.6 is 39.3 Å². The molecular formula is C19H15BrClNO4S. The van der Waals surface area contributed by atoms with Gasteiger partial charge in [0, 0.05) is 10.5 Å². The van der Waals surface area contributed by atoms with E-state index in [1.54, 1.807) is 18.2 Å². The summed E-state index contributed by atoms with van der Waals surface area (Å²) in [4.78, 5) is 26.5. The van der Waals surface area contributed by atoms with Crippen LogP contribution in [0.5, 0.6) is 11.5 Å². The number of amides is 2. The molecule has 1 heterocycles. The monoisotopic (exact) mass is 467 g/mol. The Hall–Kier alpha value is -1.96. The van der Waals surface area contributed by atoms with Crippen molar-refractivity contribution >= 4 is 56.5 Å². The van der Waals surface area contributed by atoms with Gasteiger partial charge in [0.15, 0.2) is 11.5 Å². The summed E-state index contributed by atoms with van der Waals surface area (Å²) in [5, 5.41) is 0.0816. The van der Waals surface area contributed by atoms with Crippen LogP contribution in [0.15, 0.2) is 45.8 Å². The van der Waals surface area contributed by atoms with E-state index < -0.39 is 0 Å². The Bertz CT molecular complexity index is 930. The van der Waals surface area contributed by atoms with Crippen molar-refractivity contribution in [3.05, 3.63) is 61.9 Å². The largest absolute Gasteiger partial charge is 0.493 e. The van der Waals surface area contributed by atoms with E-state index in [2.05, 4.69) is 15.9 Å². The van der Waals surface area contributed by atoms with Crippen LogP contribution in [0.1, 0.15) is 11.1 Å². The van der Waals surface area contributed by atoms with Gasteiger partial charge in [-0.15, -0.1) is 0 Å². The van der Waals surface area contributed by atoms with Crippen molar-refractivity contribution in [3.63, 3.8) is 0 Å². The van der Waals surface area contributed by atoms with Gasteiger partial charge in [0.25, 0.3) is 11.1 Å². The lowest BCUT2D eigenvalue weighted by atomic mass is 10.1. The first-order valence-corrected chi connectivity index (χ1v) is 9.83. The van der Waals surface area contributed by atoms with Gasteiger partial charge in [-0.1, -0.05) is 39.7 Å². The minimum Gasteiger partial charge on any atom is -0.493 e. The van der Waals surface area contributed by atoms with E-state index in [4.69, 9.17) is 21.1 Å². The zero-order valence-electron chi connectivity index (χ0n) is 14.5. The Balaban J connectivity index is 1.87. The van der Waals surface area contributed by atoms with Gasteiger partial charge < -0.3 is 9.47 Å². The average Bonchev–Trinajstić information content (AvgIpc) is 2.92. The molecule has 0 aliphatic carbocycles. The number of ether oxygens (including phenoxy) is 2. The number of nitrogens with zero attached hydrogens (tertiary/aromatic N) is 1. The molecule has 2 aromatic carbocycles. The molecule has 1 aliphatic heterocycles. The topological polar surface area (TPSA) is 55.8 Å². The average molecular weight is 469 g/mol. The summed E-state index contributed by atoms with van der Waals surface area (Å²) in [5.41, 5.74) is 1.44. The molecule has 0 atom stereocenters. The quantitative estimate of drug-likeness (QED) is 0.553. The van der Waals surface area contributed by atoms with Crippen LogP contribution in [0.25, 0.3) is 6.08 Å². The molecule has 1 saturated heterocycles. The molecule has 0 bridgehead atoms. The standard InChI is InChI=1S/C19H15BrClNO4S/c1-25-15-7-12(14(21)9-16(15)26-2)8-17-18(23)22(19(24)27-17)10-11-3-5-13(20)6-4-11/h3-9H,10H2,1-2H3. The molecule has 0 spiro atoms. The summed E-state index contributed by atoms with van der Waals surface area (Å²) in [5.74, 6) is 0.629. The molecule has 27 heavy (non-hydrogen) atoms. The molecule has 8 heteroatoms. The predicted molar refractivity (Wildman–Crippen MR) is 110 cm³/mol. The second-order valence-corrected chi connectivity index (χ2v) is 7.94. The minimum atomic E-state index is -0.348. The van der Waals surface area contributed by atoms with Crippen molar-refractivity contribution in [2.45, 2.75) is 6.54 Å². The van der Waals surface area contributed by atoms with Crippen LogP contribution in [0.2, 0.25) is 5.02 Å². The lowest BCUT2D eigenvalue weighted by Crippen LogP contribution is -2.27. The molecule has 0 unspecified atom stereocenters. The maximum atomic E-state index is 12.7. The Morgan fingerprint density at radius 3 is 2.37 bits per heavy atom. The molecule has 140 valence electrons. The number of carbonyl (C=O) groups is 2. The number of imide groups is 1. The maximum absolute atomic E-state index is 12.7. The second kappa shape index (κ2) is 8.37. The molecule has 2 aromatic rings. The van der Waals surface area contributed by atoms with Gasteiger partial charge >= 0.3 is 0 Å². The smallest absolute Gasteiger partial charge is 0.293 e. The summed E-state index contributed by atoms with van der Waals surface area (Å²) in [7, 11) is 3.03. The van der Waals surface area contributed by atoms with Crippen molar-refractivity contribution < 1.29 is 19.1 Å². The lowest BCUT2D eigenvalue weighted by molar-refractivity contribution is -0.123. The summed E-state index contributed by atoms with van der Waals surface area (Å²) in [6.07, 6.45) is 1.59. The van der Waals surface area contributed by atoms with E-state index in [-0.39, 0.29) is 17.7 Å². The number of benzene rings is 2. The molecular weight excluding hydrogens is 454 g/mol. The summed E-state index contributed by atoms with van der Waals surface area (Å²) < 4.78 is 11.4. The van der Waals surface area contributed by atoms with Crippen molar-refractivity contribution in [1.29, 1.82) is 0 Å². The van der Waals surface area contributed by atoms with E-state index in [9.17, 15) is 9.59 Å². The van der Waals surface area contributed by atoms with E-state index >= 15 is 0 Å². The molecule has 1 fully saturated rings. The Labute approximate surface area is 174 Å². The maximum Gasteiger partial charge on any atom is 0.293 e. The number of carbonyl (C=O) groups excluding carboxylic acids is 2. The molecule has 1 aliphatic rings. The molecule has 2 amide bonds. The van der Waals surface area contributed by atoms with Gasteiger partial charge in [-0.05, 0) is 47.2 Å². The Kier molecular flexibility index (Phi) is 6.14. The highest BCUT2D eigenvalue weighted by molar-refractivity contribution is 9.10. The number of hydrogen-bond donors (Lipinski definition) is 0. The minimum absolute atomic E-state index is 0.217. The van der Waals surface area contributed by atoms with Crippen LogP contribution in [-0.4, -0.2) is 30.3 Å². The highest BCUT2D eigenvalue weighted by Crippen LogP contribution is 2.38. The second-order valence-electron chi connectivity index (χ2n) is 5.62. The molecule has 3 rings (SSSR count). The fraction of sp³-hybridized carbons (Fsp3) is 0.158. The number of hydrogen-bond acceptors (Lipinski definition) is 5. The van der Waals surface area contributed by atoms with Crippen molar-refractivity contribution in [2.24, 2.45) is 0 Å². The third-order valence-corrected chi connectivity index (χ3v) is 5.68. The van der Waals surface area contributed by atoms with Crippen molar-refractivity contribution in [1.82, 2.24) is 4.90 Å².